The summed E-state index contributed by atoms with van der Waals surface area (Å²) >= 11 is 0. The summed E-state index contributed by atoms with van der Waals surface area (Å²) < 4.78 is 32.4. The number of aliphatic hydroxyl groups is 1. The summed E-state index contributed by atoms with van der Waals surface area (Å²) in [7, 11) is 0. The van der Waals surface area contributed by atoms with Crippen molar-refractivity contribution in [2.45, 2.75) is 38.3 Å². The molecule has 2 unspecified atom stereocenters. The Morgan fingerprint density at radius 1 is 1.33 bits per heavy atom. The minimum Gasteiger partial charge on any atom is -0.391 e. The first-order chi connectivity index (χ1) is 9.99. The van der Waals surface area contributed by atoms with E-state index in [1.165, 1.54) is 12.1 Å². The van der Waals surface area contributed by atoms with Gasteiger partial charge in [-0.25, -0.2) is 8.78 Å². The molecule has 1 aromatic rings. The van der Waals surface area contributed by atoms with Crippen molar-refractivity contribution in [2.75, 3.05) is 26.3 Å². The zero-order chi connectivity index (χ0) is 15.5. The van der Waals surface area contributed by atoms with Gasteiger partial charge in [-0.05, 0) is 25.0 Å². The highest BCUT2D eigenvalue weighted by atomic mass is 19.2. The number of rotatable bonds is 5. The fourth-order valence-electron chi connectivity index (χ4n) is 2.88. The summed E-state index contributed by atoms with van der Waals surface area (Å²) in [6, 6.07) is 4.09. The van der Waals surface area contributed by atoms with Gasteiger partial charge in [0.25, 0.3) is 0 Å². The van der Waals surface area contributed by atoms with Crippen LogP contribution in [0, 0.1) is 11.6 Å². The summed E-state index contributed by atoms with van der Waals surface area (Å²) in [4.78, 5) is 2.18. The number of hydrogen-bond acceptors (Lipinski definition) is 3. The molecule has 0 aliphatic carbocycles. The van der Waals surface area contributed by atoms with Crippen LogP contribution in [-0.2, 0) is 11.2 Å². The van der Waals surface area contributed by atoms with Gasteiger partial charge in [-0.3, -0.25) is 4.90 Å². The molecule has 1 fully saturated rings. The summed E-state index contributed by atoms with van der Waals surface area (Å²) in [5.74, 6) is -1.73. The molecule has 0 spiro atoms. The molecule has 1 N–H and O–H groups in total. The second-order valence-electron chi connectivity index (χ2n) is 5.74. The molecule has 0 radical (unpaired) electrons. The molecule has 118 valence electrons. The molecule has 21 heavy (non-hydrogen) atoms. The largest absolute Gasteiger partial charge is 0.391 e. The number of nitrogens with zero attached hydrogens (tertiary/aromatic N) is 1. The maximum absolute atomic E-state index is 13.8. The molecule has 1 heterocycles. The maximum Gasteiger partial charge on any atom is 0.162 e. The van der Waals surface area contributed by atoms with Crippen molar-refractivity contribution >= 4 is 0 Å². The van der Waals surface area contributed by atoms with E-state index < -0.39 is 23.3 Å². The Morgan fingerprint density at radius 3 is 2.62 bits per heavy atom. The van der Waals surface area contributed by atoms with Crippen LogP contribution in [-0.4, -0.2) is 48.0 Å². The van der Waals surface area contributed by atoms with Gasteiger partial charge in [-0.2, -0.15) is 0 Å². The first-order valence-corrected chi connectivity index (χ1v) is 7.42. The summed E-state index contributed by atoms with van der Waals surface area (Å²) in [5, 5.41) is 10.6. The third kappa shape index (κ3) is 3.42. The molecule has 1 aromatic carbocycles. The summed E-state index contributed by atoms with van der Waals surface area (Å²) in [6.07, 6.45) is 0.0630. The van der Waals surface area contributed by atoms with Crippen LogP contribution in [0.25, 0.3) is 0 Å². The molecule has 1 aliphatic heterocycles. The third-order valence-electron chi connectivity index (χ3n) is 4.61. The molecular weight excluding hydrogens is 276 g/mol. The normalized spacial score (nSPS) is 21.0. The lowest BCUT2D eigenvalue weighted by molar-refractivity contribution is -0.0716. The van der Waals surface area contributed by atoms with Gasteiger partial charge in [0, 0.05) is 25.0 Å². The Kier molecular flexibility index (Phi) is 5.30. The van der Waals surface area contributed by atoms with Gasteiger partial charge in [0.05, 0.1) is 19.3 Å². The van der Waals surface area contributed by atoms with Gasteiger partial charge in [-0.15, -0.1) is 0 Å². The van der Waals surface area contributed by atoms with Crippen LogP contribution in [0.3, 0.4) is 0 Å². The monoisotopic (exact) mass is 299 g/mol. The van der Waals surface area contributed by atoms with Crippen molar-refractivity contribution in [2.24, 2.45) is 0 Å². The zero-order valence-electron chi connectivity index (χ0n) is 12.6. The SMILES string of the molecule is CCC(C)(C(O)Cc1cccc(F)c1F)N1CCOCC1. The van der Waals surface area contributed by atoms with Crippen molar-refractivity contribution in [3.05, 3.63) is 35.4 Å². The van der Waals surface area contributed by atoms with Crippen LogP contribution >= 0.6 is 0 Å². The van der Waals surface area contributed by atoms with E-state index in [0.717, 1.165) is 25.6 Å². The number of benzene rings is 1. The van der Waals surface area contributed by atoms with Crippen LogP contribution in [0.4, 0.5) is 8.78 Å². The first kappa shape index (κ1) is 16.3. The van der Waals surface area contributed by atoms with Crippen molar-refractivity contribution in [1.29, 1.82) is 0 Å². The Bertz CT molecular complexity index is 477. The smallest absolute Gasteiger partial charge is 0.162 e. The molecule has 1 aliphatic rings. The Labute approximate surface area is 124 Å². The first-order valence-electron chi connectivity index (χ1n) is 7.42. The number of aliphatic hydroxyl groups excluding tert-OH is 1. The van der Waals surface area contributed by atoms with E-state index in [0.29, 0.717) is 13.2 Å². The van der Waals surface area contributed by atoms with E-state index in [9.17, 15) is 13.9 Å². The summed E-state index contributed by atoms with van der Waals surface area (Å²) in [6.45, 7) is 6.73. The van der Waals surface area contributed by atoms with E-state index in [2.05, 4.69) is 4.90 Å². The number of ether oxygens (including phenoxy) is 1. The number of halogens is 2. The van der Waals surface area contributed by atoms with Gasteiger partial charge in [0.15, 0.2) is 11.6 Å². The van der Waals surface area contributed by atoms with Gasteiger partial charge < -0.3 is 9.84 Å². The highest BCUT2D eigenvalue weighted by molar-refractivity contribution is 5.20. The quantitative estimate of drug-likeness (QED) is 0.906. The van der Waals surface area contributed by atoms with Crippen LogP contribution in [0.2, 0.25) is 0 Å². The Morgan fingerprint density at radius 2 is 2.00 bits per heavy atom. The molecule has 0 saturated carbocycles. The Balaban J connectivity index is 2.15. The van der Waals surface area contributed by atoms with Gasteiger partial charge in [-0.1, -0.05) is 19.1 Å². The third-order valence-corrected chi connectivity index (χ3v) is 4.61. The predicted octanol–water partition coefficient (Wildman–Crippen LogP) is 2.37. The van der Waals surface area contributed by atoms with Crippen LogP contribution in [0.15, 0.2) is 18.2 Å². The van der Waals surface area contributed by atoms with Crippen LogP contribution < -0.4 is 0 Å². The molecule has 5 heteroatoms. The van der Waals surface area contributed by atoms with E-state index in [-0.39, 0.29) is 12.0 Å². The average molecular weight is 299 g/mol. The molecule has 0 amide bonds. The molecule has 0 aromatic heterocycles. The van der Waals surface area contributed by atoms with Crippen molar-refractivity contribution in [3.8, 4) is 0 Å². The molecular formula is C16H23F2NO2. The van der Waals surface area contributed by atoms with Crippen molar-refractivity contribution in [3.63, 3.8) is 0 Å². The lowest BCUT2D eigenvalue weighted by atomic mass is 9.85. The van der Waals surface area contributed by atoms with Crippen LogP contribution in [0.5, 0.6) is 0 Å². The van der Waals surface area contributed by atoms with Gasteiger partial charge >= 0.3 is 0 Å². The number of hydrogen-bond donors (Lipinski definition) is 1. The van der Waals surface area contributed by atoms with Crippen molar-refractivity contribution < 1.29 is 18.6 Å². The van der Waals surface area contributed by atoms with E-state index in [1.54, 1.807) is 0 Å². The predicted molar refractivity (Wildman–Crippen MR) is 77.2 cm³/mol. The Hall–Kier alpha value is -1.04. The van der Waals surface area contributed by atoms with E-state index in [1.807, 2.05) is 13.8 Å². The molecule has 1 saturated heterocycles. The summed E-state index contributed by atoms with van der Waals surface area (Å²) in [5.41, 5.74) is -0.252. The minimum absolute atomic E-state index is 0.102. The fraction of sp³-hybridized carbons (Fsp3) is 0.625. The molecule has 2 rings (SSSR count). The van der Waals surface area contributed by atoms with E-state index in [4.69, 9.17) is 4.74 Å². The van der Waals surface area contributed by atoms with Crippen LogP contribution in [0.1, 0.15) is 25.8 Å². The second-order valence-corrected chi connectivity index (χ2v) is 5.74. The van der Waals surface area contributed by atoms with Crippen molar-refractivity contribution in [1.82, 2.24) is 4.90 Å². The van der Waals surface area contributed by atoms with Gasteiger partial charge in [0.1, 0.15) is 0 Å². The zero-order valence-corrected chi connectivity index (χ0v) is 12.6. The topological polar surface area (TPSA) is 32.7 Å². The standard InChI is InChI=1S/C16H23F2NO2/c1-3-16(2,19-7-9-21-10-8-19)14(20)11-12-5-4-6-13(17)15(12)18/h4-6,14,20H,3,7-11H2,1-2H3. The lowest BCUT2D eigenvalue weighted by Crippen LogP contribution is -2.58. The van der Waals surface area contributed by atoms with Gasteiger partial charge in [0.2, 0.25) is 0 Å². The molecule has 3 nitrogen and oxygen atoms in total. The lowest BCUT2D eigenvalue weighted by Gasteiger charge is -2.46. The highest BCUT2D eigenvalue weighted by Crippen LogP contribution is 2.28. The number of morpholine rings is 1. The minimum atomic E-state index is -0.871. The molecule has 0 bridgehead atoms. The maximum atomic E-state index is 13.8. The fourth-order valence-corrected chi connectivity index (χ4v) is 2.88. The average Bonchev–Trinajstić information content (AvgIpc) is 2.51. The second kappa shape index (κ2) is 6.81. The van der Waals surface area contributed by atoms with E-state index >= 15 is 0 Å². The highest BCUT2D eigenvalue weighted by Gasteiger charge is 2.38. The molecule has 2 atom stereocenters.